The summed E-state index contributed by atoms with van der Waals surface area (Å²) in [7, 11) is 1.99. The second-order valence-corrected chi connectivity index (χ2v) is 4.91. The summed E-state index contributed by atoms with van der Waals surface area (Å²) >= 11 is 0. The van der Waals surface area contributed by atoms with Crippen molar-refractivity contribution in [2.24, 2.45) is 5.41 Å². The fraction of sp³-hybridized carbons (Fsp3) is 0.917. The van der Waals surface area contributed by atoms with Gasteiger partial charge in [-0.15, -0.1) is 0 Å². The van der Waals surface area contributed by atoms with Gasteiger partial charge in [-0.2, -0.15) is 0 Å². The molecule has 1 N–H and O–H groups in total. The molecule has 1 fully saturated rings. The van der Waals surface area contributed by atoms with Gasteiger partial charge in [-0.3, -0.25) is 4.79 Å². The van der Waals surface area contributed by atoms with Crippen LogP contribution in [0.4, 0.5) is 0 Å². The van der Waals surface area contributed by atoms with E-state index in [1.807, 2.05) is 7.05 Å². The predicted molar refractivity (Wildman–Crippen MR) is 62.5 cm³/mol. The molecule has 1 aliphatic heterocycles. The van der Waals surface area contributed by atoms with Crippen LogP contribution in [0.1, 0.15) is 33.1 Å². The van der Waals surface area contributed by atoms with Crippen LogP contribution in [0.15, 0.2) is 0 Å². The average molecular weight is 229 g/mol. The highest BCUT2D eigenvalue weighted by Crippen LogP contribution is 2.30. The van der Waals surface area contributed by atoms with Crippen LogP contribution < -0.4 is 0 Å². The molecular weight excluding hydrogens is 206 g/mol. The van der Waals surface area contributed by atoms with Crippen LogP contribution in [0, 0.1) is 5.41 Å². The molecular formula is C12H23NO3. The quantitative estimate of drug-likeness (QED) is 0.778. The van der Waals surface area contributed by atoms with Gasteiger partial charge in [0.1, 0.15) is 5.41 Å². The summed E-state index contributed by atoms with van der Waals surface area (Å²) in [4.78, 5) is 13.5. The van der Waals surface area contributed by atoms with Gasteiger partial charge < -0.3 is 14.7 Å². The molecule has 2 atom stereocenters. The Bertz CT molecular complexity index is 236. The summed E-state index contributed by atoms with van der Waals surface area (Å²) in [5.74, 6) is -0.720. The number of carboxylic acid groups (broad SMARTS) is 1. The van der Waals surface area contributed by atoms with Gasteiger partial charge in [0.25, 0.3) is 0 Å². The number of aliphatic carboxylic acids is 1. The van der Waals surface area contributed by atoms with Gasteiger partial charge in [-0.1, -0.05) is 6.92 Å². The molecule has 0 bridgehead atoms. The topological polar surface area (TPSA) is 49.8 Å². The fourth-order valence-electron chi connectivity index (χ4n) is 2.16. The first-order valence-corrected chi connectivity index (χ1v) is 6.03. The van der Waals surface area contributed by atoms with Crippen LogP contribution >= 0.6 is 0 Å². The van der Waals surface area contributed by atoms with E-state index in [1.165, 1.54) is 0 Å². The molecule has 0 radical (unpaired) electrons. The van der Waals surface area contributed by atoms with E-state index in [4.69, 9.17) is 4.74 Å². The van der Waals surface area contributed by atoms with Crippen molar-refractivity contribution in [1.82, 2.24) is 4.90 Å². The Morgan fingerprint density at radius 3 is 2.75 bits per heavy atom. The van der Waals surface area contributed by atoms with E-state index in [1.54, 1.807) is 0 Å². The maximum atomic E-state index is 11.4. The largest absolute Gasteiger partial charge is 0.481 e. The first-order valence-electron chi connectivity index (χ1n) is 6.03. The molecule has 1 rings (SSSR count). The van der Waals surface area contributed by atoms with Crippen molar-refractivity contribution in [1.29, 1.82) is 0 Å². The molecule has 1 aliphatic rings. The number of carboxylic acids is 1. The molecule has 0 spiro atoms. The molecule has 94 valence electrons. The van der Waals surface area contributed by atoms with Gasteiger partial charge in [-0.25, -0.2) is 0 Å². The van der Waals surface area contributed by atoms with Crippen molar-refractivity contribution in [3.63, 3.8) is 0 Å². The molecule has 2 unspecified atom stereocenters. The summed E-state index contributed by atoms with van der Waals surface area (Å²) in [5, 5.41) is 9.39. The maximum absolute atomic E-state index is 11.4. The smallest absolute Gasteiger partial charge is 0.313 e. The normalized spacial score (nSPS) is 28.0. The van der Waals surface area contributed by atoms with Crippen LogP contribution in [0.25, 0.3) is 0 Å². The third-order valence-corrected chi connectivity index (χ3v) is 3.67. The van der Waals surface area contributed by atoms with Crippen molar-refractivity contribution < 1.29 is 14.6 Å². The summed E-state index contributed by atoms with van der Waals surface area (Å²) in [6.45, 7) is 5.87. The van der Waals surface area contributed by atoms with Gasteiger partial charge in [0.15, 0.2) is 0 Å². The first kappa shape index (κ1) is 13.5. The predicted octanol–water partition coefficient (Wildman–Crippen LogP) is 1.60. The van der Waals surface area contributed by atoms with Crippen LogP contribution in [-0.2, 0) is 9.53 Å². The van der Waals surface area contributed by atoms with E-state index in [2.05, 4.69) is 18.7 Å². The molecule has 4 heteroatoms. The molecule has 0 aliphatic carbocycles. The lowest BCUT2D eigenvalue weighted by molar-refractivity contribution is -0.159. The van der Waals surface area contributed by atoms with E-state index < -0.39 is 11.4 Å². The van der Waals surface area contributed by atoms with Gasteiger partial charge in [0.2, 0.25) is 0 Å². The van der Waals surface area contributed by atoms with Crippen molar-refractivity contribution in [2.75, 3.05) is 26.8 Å². The fourth-order valence-corrected chi connectivity index (χ4v) is 2.16. The van der Waals surface area contributed by atoms with Gasteiger partial charge in [0, 0.05) is 19.2 Å². The number of carbonyl (C=O) groups is 1. The second-order valence-electron chi connectivity index (χ2n) is 4.91. The van der Waals surface area contributed by atoms with Crippen LogP contribution in [-0.4, -0.2) is 48.8 Å². The number of rotatable bonds is 5. The molecule has 1 heterocycles. The van der Waals surface area contributed by atoms with Crippen molar-refractivity contribution in [2.45, 2.75) is 39.2 Å². The molecule has 1 saturated heterocycles. The number of hydrogen-bond acceptors (Lipinski definition) is 3. The molecule has 0 aromatic carbocycles. The third kappa shape index (κ3) is 2.95. The molecule has 0 amide bonds. The van der Waals surface area contributed by atoms with Crippen molar-refractivity contribution in [3.05, 3.63) is 0 Å². The minimum atomic E-state index is -0.720. The number of nitrogens with zero attached hydrogens (tertiary/aromatic N) is 1. The summed E-state index contributed by atoms with van der Waals surface area (Å²) < 4.78 is 5.35. The highest BCUT2D eigenvalue weighted by Gasteiger charge is 2.41. The monoisotopic (exact) mass is 229 g/mol. The SMILES string of the molecule is CCC(C)N(C)CC1(C(=O)O)CCCOC1. The van der Waals surface area contributed by atoms with E-state index in [-0.39, 0.29) is 0 Å². The van der Waals surface area contributed by atoms with E-state index >= 15 is 0 Å². The van der Waals surface area contributed by atoms with Gasteiger partial charge >= 0.3 is 5.97 Å². The summed E-state index contributed by atoms with van der Waals surface area (Å²) in [6.07, 6.45) is 2.61. The minimum absolute atomic E-state index is 0.350. The van der Waals surface area contributed by atoms with Crippen LogP contribution in [0.5, 0.6) is 0 Å². The molecule has 4 nitrogen and oxygen atoms in total. The maximum Gasteiger partial charge on any atom is 0.313 e. The Hall–Kier alpha value is -0.610. The Labute approximate surface area is 97.6 Å². The zero-order valence-corrected chi connectivity index (χ0v) is 10.5. The van der Waals surface area contributed by atoms with Crippen LogP contribution in [0.3, 0.4) is 0 Å². The third-order valence-electron chi connectivity index (χ3n) is 3.67. The second kappa shape index (κ2) is 5.64. The molecule has 0 aromatic heterocycles. The Morgan fingerprint density at radius 2 is 2.31 bits per heavy atom. The van der Waals surface area contributed by atoms with E-state index in [0.717, 1.165) is 19.3 Å². The summed E-state index contributed by atoms with van der Waals surface area (Å²) in [5.41, 5.74) is -0.698. The lowest BCUT2D eigenvalue weighted by atomic mass is 9.82. The highest BCUT2D eigenvalue weighted by molar-refractivity contribution is 5.75. The zero-order chi connectivity index (χ0) is 12.2. The van der Waals surface area contributed by atoms with Gasteiger partial charge in [0.05, 0.1) is 6.61 Å². The minimum Gasteiger partial charge on any atom is -0.481 e. The van der Waals surface area contributed by atoms with Crippen LogP contribution in [0.2, 0.25) is 0 Å². The first-order chi connectivity index (χ1) is 7.52. The Balaban J connectivity index is 2.67. The average Bonchev–Trinajstić information content (AvgIpc) is 2.28. The lowest BCUT2D eigenvalue weighted by Crippen LogP contribution is -2.49. The van der Waals surface area contributed by atoms with Crippen molar-refractivity contribution >= 4 is 5.97 Å². The molecule has 0 saturated carbocycles. The number of ether oxygens (including phenoxy) is 1. The zero-order valence-electron chi connectivity index (χ0n) is 10.5. The molecule has 16 heavy (non-hydrogen) atoms. The lowest BCUT2D eigenvalue weighted by Gasteiger charge is -2.38. The van der Waals surface area contributed by atoms with Gasteiger partial charge in [-0.05, 0) is 33.2 Å². The number of hydrogen-bond donors (Lipinski definition) is 1. The van der Waals surface area contributed by atoms with E-state index in [9.17, 15) is 9.90 Å². The standard InChI is InChI=1S/C12H23NO3/c1-4-10(2)13(3)8-12(11(14)15)6-5-7-16-9-12/h10H,4-9H2,1-3H3,(H,14,15). The van der Waals surface area contributed by atoms with E-state index in [0.29, 0.717) is 25.8 Å². The highest BCUT2D eigenvalue weighted by atomic mass is 16.5. The Kier molecular flexibility index (Phi) is 4.74. The summed E-state index contributed by atoms with van der Waals surface area (Å²) in [6, 6.07) is 0.415. The van der Waals surface area contributed by atoms with Crippen molar-refractivity contribution in [3.8, 4) is 0 Å². The Morgan fingerprint density at radius 1 is 1.62 bits per heavy atom. The molecule has 0 aromatic rings.